The Morgan fingerprint density at radius 2 is 1.76 bits per heavy atom. The minimum absolute atomic E-state index is 0.0907. The summed E-state index contributed by atoms with van der Waals surface area (Å²) in [6, 6.07) is 17.0. The van der Waals surface area contributed by atoms with Crippen LogP contribution in [0.25, 0.3) is 10.9 Å². The first-order valence-corrected chi connectivity index (χ1v) is 14.4. The lowest BCUT2D eigenvalue weighted by atomic mass is 10.1. The number of carbonyl (C=O) groups excluding carboxylic acids is 2. The third-order valence-corrected chi connectivity index (χ3v) is 8.08. The van der Waals surface area contributed by atoms with Crippen LogP contribution >= 0.6 is 23.2 Å². The van der Waals surface area contributed by atoms with E-state index in [1.165, 1.54) is 4.90 Å². The molecular weight excluding hydrogens is 575 g/mol. The first-order chi connectivity index (χ1) is 20.3. The number of carbonyl (C=O) groups is 2. The minimum Gasteiger partial charge on any atom is -0.487 e. The van der Waals surface area contributed by atoms with Gasteiger partial charge in [0, 0.05) is 73.0 Å². The van der Waals surface area contributed by atoms with E-state index in [1.54, 1.807) is 31.6 Å². The second-order valence-corrected chi connectivity index (χ2v) is 10.9. The molecule has 4 aromatic rings. The molecule has 1 fully saturated rings. The predicted octanol–water partition coefficient (Wildman–Crippen LogP) is 4.73. The zero-order valence-corrected chi connectivity index (χ0v) is 25.0. The maximum atomic E-state index is 13.0. The van der Waals surface area contributed by atoms with Crippen LogP contribution in [0.3, 0.4) is 0 Å². The summed E-state index contributed by atoms with van der Waals surface area (Å²) >= 11 is 13.2. The molecule has 2 aromatic heterocycles. The fraction of sp³-hybridized carbons (Fsp3) is 0.290. The van der Waals surface area contributed by atoms with E-state index in [9.17, 15) is 9.59 Å². The average Bonchev–Trinajstić information content (AvgIpc) is 3.00. The fourth-order valence-electron chi connectivity index (χ4n) is 4.87. The summed E-state index contributed by atoms with van der Waals surface area (Å²) in [7, 11) is 1.62. The van der Waals surface area contributed by atoms with Crippen LogP contribution in [0.5, 0.6) is 5.75 Å². The van der Waals surface area contributed by atoms with Crippen LogP contribution in [0.15, 0.2) is 67.0 Å². The van der Waals surface area contributed by atoms with Gasteiger partial charge in [-0.05, 0) is 43.3 Å². The monoisotopic (exact) mass is 606 g/mol. The maximum Gasteiger partial charge on any atom is 0.246 e. The highest BCUT2D eigenvalue weighted by Gasteiger charge is 2.22. The largest absolute Gasteiger partial charge is 0.487 e. The van der Waals surface area contributed by atoms with Gasteiger partial charge in [0.15, 0.2) is 0 Å². The number of amides is 2. The van der Waals surface area contributed by atoms with Crippen LogP contribution < -0.4 is 19.9 Å². The maximum absolute atomic E-state index is 13.0. The molecule has 1 aliphatic heterocycles. The van der Waals surface area contributed by atoms with Gasteiger partial charge in [-0.15, -0.1) is 0 Å². The summed E-state index contributed by atoms with van der Waals surface area (Å²) in [5.74, 6) is 0.0969. The topological polar surface area (TPSA) is 90.9 Å². The molecule has 0 radical (unpaired) electrons. The molecule has 9 nitrogen and oxygen atoms in total. The van der Waals surface area contributed by atoms with Crippen LogP contribution in [-0.4, -0.2) is 73.0 Å². The van der Waals surface area contributed by atoms with Crippen molar-refractivity contribution in [3.8, 4) is 5.75 Å². The first kappa shape index (κ1) is 29.6. The van der Waals surface area contributed by atoms with Gasteiger partial charge in [0.2, 0.25) is 11.8 Å². The standard InChI is InChI=1S/C31H32Cl2N6O3/c1-21-6-7-22-4-3-5-27(31(22)36-21)42-20-24-25(32)8-9-26(30(24)33)37(2)29(41)18-35-28(40)19-38-14-16-39(17-15-38)23-10-12-34-13-11-23/h3-13H,14-20H2,1-2H3,(H,35,40). The van der Waals surface area contributed by atoms with E-state index in [2.05, 4.69) is 25.1 Å². The van der Waals surface area contributed by atoms with E-state index in [1.807, 2.05) is 49.4 Å². The van der Waals surface area contributed by atoms with Gasteiger partial charge in [0.25, 0.3) is 0 Å². The lowest BCUT2D eigenvalue weighted by Crippen LogP contribution is -2.50. The molecule has 0 bridgehead atoms. The normalized spacial score (nSPS) is 13.7. The number of benzene rings is 2. The van der Waals surface area contributed by atoms with Gasteiger partial charge < -0.3 is 19.9 Å². The van der Waals surface area contributed by atoms with Gasteiger partial charge in [0.05, 0.1) is 23.8 Å². The summed E-state index contributed by atoms with van der Waals surface area (Å²) in [5.41, 5.74) is 3.78. The molecule has 2 amide bonds. The number of fused-ring (bicyclic) bond motifs is 1. The van der Waals surface area contributed by atoms with E-state index in [-0.39, 0.29) is 31.5 Å². The molecule has 5 rings (SSSR count). The number of likely N-dealkylation sites (N-methyl/N-ethyl adjacent to an activating group) is 1. The highest BCUT2D eigenvalue weighted by atomic mass is 35.5. The summed E-state index contributed by atoms with van der Waals surface area (Å²) in [4.78, 5) is 40.0. The highest BCUT2D eigenvalue weighted by molar-refractivity contribution is 6.38. The van der Waals surface area contributed by atoms with Crippen molar-refractivity contribution in [3.63, 3.8) is 0 Å². The van der Waals surface area contributed by atoms with Crippen LogP contribution in [0.1, 0.15) is 11.3 Å². The van der Waals surface area contributed by atoms with Crippen LogP contribution in [0.2, 0.25) is 10.0 Å². The number of anilines is 2. The Morgan fingerprint density at radius 1 is 1.00 bits per heavy atom. The van der Waals surface area contributed by atoms with Gasteiger partial charge in [-0.2, -0.15) is 0 Å². The Bertz CT molecular complexity index is 1580. The van der Waals surface area contributed by atoms with Crippen LogP contribution in [0.4, 0.5) is 11.4 Å². The average molecular weight is 608 g/mol. The fourth-order valence-corrected chi connectivity index (χ4v) is 5.47. The second-order valence-electron chi connectivity index (χ2n) is 10.1. The number of ether oxygens (including phenoxy) is 1. The minimum atomic E-state index is -0.310. The molecule has 42 heavy (non-hydrogen) atoms. The molecule has 0 saturated carbocycles. The van der Waals surface area contributed by atoms with Crippen LogP contribution in [0, 0.1) is 6.92 Å². The Morgan fingerprint density at radius 3 is 2.52 bits per heavy atom. The smallest absolute Gasteiger partial charge is 0.246 e. The number of hydrogen-bond acceptors (Lipinski definition) is 7. The summed E-state index contributed by atoms with van der Waals surface area (Å²) in [6.45, 7) is 5.23. The molecule has 2 aromatic carbocycles. The zero-order chi connectivity index (χ0) is 29.6. The molecule has 0 spiro atoms. The number of para-hydroxylation sites is 1. The molecule has 3 heterocycles. The van der Waals surface area contributed by atoms with Crippen molar-refractivity contribution in [1.82, 2.24) is 20.2 Å². The predicted molar refractivity (Wildman–Crippen MR) is 167 cm³/mol. The number of aryl methyl sites for hydroxylation is 1. The lowest BCUT2D eigenvalue weighted by molar-refractivity contribution is -0.125. The Kier molecular flexibility index (Phi) is 9.41. The van der Waals surface area contributed by atoms with E-state index >= 15 is 0 Å². The van der Waals surface area contributed by atoms with Crippen molar-refractivity contribution in [2.75, 3.05) is 56.1 Å². The number of piperazine rings is 1. The van der Waals surface area contributed by atoms with Crippen molar-refractivity contribution in [2.24, 2.45) is 0 Å². The number of hydrogen-bond donors (Lipinski definition) is 1. The van der Waals surface area contributed by atoms with E-state index < -0.39 is 0 Å². The van der Waals surface area contributed by atoms with Gasteiger partial charge in [-0.25, -0.2) is 4.98 Å². The second kappa shape index (κ2) is 13.4. The summed E-state index contributed by atoms with van der Waals surface area (Å²) < 4.78 is 6.10. The van der Waals surface area contributed by atoms with Gasteiger partial charge >= 0.3 is 0 Å². The molecule has 1 aliphatic rings. The zero-order valence-electron chi connectivity index (χ0n) is 23.5. The van der Waals surface area contributed by atoms with Gasteiger partial charge in [-0.1, -0.05) is 41.4 Å². The van der Waals surface area contributed by atoms with Crippen molar-refractivity contribution >= 4 is 57.3 Å². The van der Waals surface area contributed by atoms with Crippen molar-refractivity contribution in [3.05, 3.63) is 88.3 Å². The van der Waals surface area contributed by atoms with Crippen molar-refractivity contribution < 1.29 is 14.3 Å². The molecule has 0 unspecified atom stereocenters. The molecule has 1 saturated heterocycles. The van der Waals surface area contributed by atoms with Crippen molar-refractivity contribution in [1.29, 1.82) is 0 Å². The van der Waals surface area contributed by atoms with Crippen LogP contribution in [-0.2, 0) is 16.2 Å². The Balaban J connectivity index is 1.15. The van der Waals surface area contributed by atoms with Gasteiger partial charge in [0.1, 0.15) is 17.9 Å². The summed E-state index contributed by atoms with van der Waals surface area (Å²) in [6.07, 6.45) is 3.56. The lowest BCUT2D eigenvalue weighted by Gasteiger charge is -2.35. The Labute approximate surface area is 255 Å². The van der Waals surface area contributed by atoms with E-state index in [4.69, 9.17) is 27.9 Å². The number of pyridine rings is 2. The molecule has 0 aliphatic carbocycles. The number of rotatable bonds is 9. The number of nitrogens with zero attached hydrogens (tertiary/aromatic N) is 5. The van der Waals surface area contributed by atoms with Gasteiger partial charge in [-0.3, -0.25) is 19.5 Å². The number of nitrogens with one attached hydrogen (secondary N) is 1. The first-order valence-electron chi connectivity index (χ1n) is 13.7. The Hall–Kier alpha value is -3.92. The molecule has 0 atom stereocenters. The summed E-state index contributed by atoms with van der Waals surface area (Å²) in [5, 5.41) is 4.43. The number of halogens is 2. The quantitative estimate of drug-likeness (QED) is 0.295. The molecular formula is C31H32Cl2N6O3. The highest BCUT2D eigenvalue weighted by Crippen LogP contribution is 2.35. The molecule has 1 N–H and O–H groups in total. The SMILES string of the molecule is Cc1ccc2cccc(OCc3c(Cl)ccc(N(C)C(=O)CNC(=O)CN4CCN(c5ccncc5)CC4)c3Cl)c2n1. The molecule has 218 valence electrons. The van der Waals surface area contributed by atoms with E-state index in [0.29, 0.717) is 27.0 Å². The van der Waals surface area contributed by atoms with Crippen molar-refractivity contribution in [2.45, 2.75) is 13.5 Å². The molecule has 11 heteroatoms. The third-order valence-electron chi connectivity index (χ3n) is 7.30. The third kappa shape index (κ3) is 6.92. The van der Waals surface area contributed by atoms with E-state index in [0.717, 1.165) is 48.5 Å². The number of aromatic nitrogens is 2.